The fraction of sp³-hybridized carbons (Fsp3) is 0.455. The van der Waals surface area contributed by atoms with Gasteiger partial charge in [-0.25, -0.2) is 5.01 Å². The largest absolute Gasteiger partial charge is 0.496 e. The molecule has 2 aromatic carbocycles. The van der Waals surface area contributed by atoms with Crippen LogP contribution in [0.5, 0.6) is 5.75 Å². The van der Waals surface area contributed by atoms with Crippen molar-refractivity contribution in [2.75, 3.05) is 27.2 Å². The Labute approximate surface area is 174 Å². The smallest absolute Gasteiger partial charge is 0.421 e. The van der Waals surface area contributed by atoms with Gasteiger partial charge in [0.15, 0.2) is 5.60 Å². The average molecular weight is 421 g/mol. The van der Waals surface area contributed by atoms with Gasteiger partial charge in [0.2, 0.25) is 0 Å². The molecule has 2 aromatic rings. The second kappa shape index (κ2) is 7.85. The Morgan fingerprint density at radius 2 is 1.97 bits per heavy atom. The number of hydrazine groups is 1. The third-order valence-corrected chi connectivity index (χ3v) is 6.16. The van der Waals surface area contributed by atoms with Crippen molar-refractivity contribution in [2.24, 2.45) is 0 Å². The highest BCUT2D eigenvalue weighted by atomic mass is 19.4. The normalized spacial score (nSPS) is 27.1. The van der Waals surface area contributed by atoms with Gasteiger partial charge in [0.05, 0.1) is 25.8 Å². The second-order valence-electron chi connectivity index (χ2n) is 7.78. The lowest BCUT2D eigenvalue weighted by molar-refractivity contribution is -0.272. The van der Waals surface area contributed by atoms with E-state index in [0.29, 0.717) is 23.4 Å². The summed E-state index contributed by atoms with van der Waals surface area (Å²) < 4.78 is 52.4. The Hall–Kier alpha value is -2.13. The number of piperazine rings is 1. The highest BCUT2D eigenvalue weighted by Gasteiger charge is 2.57. The molecule has 2 heterocycles. The highest BCUT2D eigenvalue weighted by molar-refractivity contribution is 5.49. The first-order valence-corrected chi connectivity index (χ1v) is 9.94. The van der Waals surface area contributed by atoms with Crippen molar-refractivity contribution in [2.45, 2.75) is 37.4 Å². The first-order valence-electron chi connectivity index (χ1n) is 9.94. The maximum atomic E-state index is 13.8. The minimum absolute atomic E-state index is 0.0924. The van der Waals surface area contributed by atoms with Crippen molar-refractivity contribution < 1.29 is 22.6 Å². The number of benzene rings is 2. The van der Waals surface area contributed by atoms with Crippen LogP contribution < -0.4 is 15.5 Å². The van der Waals surface area contributed by atoms with Gasteiger partial charge in [0, 0.05) is 18.7 Å². The lowest BCUT2D eigenvalue weighted by Gasteiger charge is -2.42. The Morgan fingerprint density at radius 1 is 1.23 bits per heavy atom. The number of alkyl halides is 3. The topological polar surface area (TPSA) is 45.8 Å². The Balaban J connectivity index is 1.85. The summed E-state index contributed by atoms with van der Waals surface area (Å²) in [5.41, 5.74) is 3.30. The van der Waals surface area contributed by atoms with Gasteiger partial charge in [-0.2, -0.15) is 13.2 Å². The molecule has 4 rings (SSSR count). The maximum Gasteiger partial charge on any atom is 0.421 e. The van der Waals surface area contributed by atoms with E-state index in [1.165, 1.54) is 0 Å². The first-order chi connectivity index (χ1) is 14.3. The van der Waals surface area contributed by atoms with Gasteiger partial charge < -0.3 is 14.8 Å². The monoisotopic (exact) mass is 421 g/mol. The van der Waals surface area contributed by atoms with Crippen LogP contribution in [0.4, 0.5) is 13.2 Å². The molecule has 0 aliphatic carbocycles. The lowest BCUT2D eigenvalue weighted by atomic mass is 9.85. The van der Waals surface area contributed by atoms with E-state index in [4.69, 9.17) is 9.47 Å². The molecule has 3 atom stereocenters. The molecule has 0 bridgehead atoms. The van der Waals surface area contributed by atoms with Crippen molar-refractivity contribution in [3.05, 3.63) is 64.7 Å². The summed E-state index contributed by atoms with van der Waals surface area (Å²) in [7, 11) is 3.40. The van der Waals surface area contributed by atoms with Crippen LogP contribution in [0.3, 0.4) is 0 Å². The van der Waals surface area contributed by atoms with E-state index >= 15 is 0 Å². The number of hydrogen-bond donors (Lipinski definition) is 2. The van der Waals surface area contributed by atoms with Crippen molar-refractivity contribution in [3.8, 4) is 5.75 Å². The van der Waals surface area contributed by atoms with Gasteiger partial charge in [-0.1, -0.05) is 30.3 Å². The summed E-state index contributed by atoms with van der Waals surface area (Å²) in [6.07, 6.45) is -4.51. The van der Waals surface area contributed by atoms with E-state index in [1.807, 2.05) is 37.4 Å². The van der Waals surface area contributed by atoms with Gasteiger partial charge >= 0.3 is 6.18 Å². The number of rotatable bonds is 4. The molecule has 1 saturated heterocycles. The van der Waals surface area contributed by atoms with Crippen LogP contribution in [0, 0.1) is 0 Å². The zero-order valence-corrected chi connectivity index (χ0v) is 17.2. The summed E-state index contributed by atoms with van der Waals surface area (Å²) in [4.78, 5) is 0. The maximum absolute atomic E-state index is 13.8. The molecular formula is C22H26F3N3O2. The van der Waals surface area contributed by atoms with Crippen LogP contribution in [0.1, 0.15) is 41.3 Å². The van der Waals surface area contributed by atoms with Crippen LogP contribution in [0.15, 0.2) is 42.5 Å². The molecule has 2 N–H and O–H groups in total. The lowest BCUT2D eigenvalue weighted by Crippen LogP contribution is -2.52. The minimum atomic E-state index is -4.51. The Bertz CT molecular complexity index is 906. The summed E-state index contributed by atoms with van der Waals surface area (Å²) >= 11 is 0. The van der Waals surface area contributed by atoms with Crippen LogP contribution in [0.2, 0.25) is 0 Å². The number of halogens is 3. The van der Waals surface area contributed by atoms with Gasteiger partial charge in [0.1, 0.15) is 5.75 Å². The van der Waals surface area contributed by atoms with E-state index in [-0.39, 0.29) is 24.3 Å². The molecule has 2 aliphatic rings. The molecule has 8 heteroatoms. The minimum Gasteiger partial charge on any atom is -0.496 e. The summed E-state index contributed by atoms with van der Waals surface area (Å²) in [5, 5.41) is 5.60. The molecule has 2 aliphatic heterocycles. The fourth-order valence-electron chi connectivity index (χ4n) is 4.48. The Morgan fingerprint density at radius 3 is 2.60 bits per heavy atom. The first kappa shape index (κ1) is 21.1. The van der Waals surface area contributed by atoms with Crippen LogP contribution in [-0.2, 0) is 16.9 Å². The van der Waals surface area contributed by atoms with E-state index in [0.717, 1.165) is 19.0 Å². The Kier molecular flexibility index (Phi) is 5.52. The van der Waals surface area contributed by atoms with E-state index in [1.54, 1.807) is 19.2 Å². The third-order valence-electron chi connectivity index (χ3n) is 6.16. The standard InChI is InChI=1S/C22H26F3N3O2/c1-21(22(23,24)25)17-12-16(18(29-3)11-15(17)13-30-21)19-20(14-7-5-4-6-8-14)28(26-2)10-9-27-19/h4-8,11-12,19-20,26-27H,9-10,13H2,1-3H3/t19-,20-,21?/m0/s1. The number of ether oxygens (including phenoxy) is 2. The number of hydrogen-bond acceptors (Lipinski definition) is 5. The average Bonchev–Trinajstić information content (AvgIpc) is 3.10. The van der Waals surface area contributed by atoms with Crippen molar-refractivity contribution in [3.63, 3.8) is 0 Å². The van der Waals surface area contributed by atoms with Crippen molar-refractivity contribution in [1.29, 1.82) is 0 Å². The van der Waals surface area contributed by atoms with E-state index < -0.39 is 11.8 Å². The fourth-order valence-corrected chi connectivity index (χ4v) is 4.48. The molecule has 0 saturated carbocycles. The van der Waals surface area contributed by atoms with E-state index in [9.17, 15) is 13.2 Å². The molecule has 5 nitrogen and oxygen atoms in total. The molecule has 0 amide bonds. The molecule has 0 spiro atoms. The summed E-state index contributed by atoms with van der Waals surface area (Å²) in [5.74, 6) is 0.556. The predicted octanol–water partition coefficient (Wildman–Crippen LogP) is 3.82. The molecule has 0 aromatic heterocycles. The van der Waals surface area contributed by atoms with Crippen LogP contribution >= 0.6 is 0 Å². The van der Waals surface area contributed by atoms with Crippen molar-refractivity contribution >= 4 is 0 Å². The molecule has 162 valence electrons. The zero-order valence-electron chi connectivity index (χ0n) is 17.2. The highest BCUT2D eigenvalue weighted by Crippen LogP contribution is 2.50. The molecule has 1 fully saturated rings. The third kappa shape index (κ3) is 3.37. The molecule has 1 unspecified atom stereocenters. The van der Waals surface area contributed by atoms with Gasteiger partial charge in [0.25, 0.3) is 0 Å². The summed E-state index contributed by atoms with van der Waals surface area (Å²) in [6, 6.07) is 12.8. The predicted molar refractivity (Wildman–Crippen MR) is 107 cm³/mol. The molecule has 30 heavy (non-hydrogen) atoms. The number of nitrogens with zero attached hydrogens (tertiary/aromatic N) is 1. The van der Waals surface area contributed by atoms with E-state index in [2.05, 4.69) is 15.8 Å². The number of methoxy groups -OCH3 is 1. The molecular weight excluding hydrogens is 395 g/mol. The number of fused-ring (bicyclic) bond motifs is 1. The quantitative estimate of drug-likeness (QED) is 0.786. The SMILES string of the molecule is CNN1CCN[C@@H](c2cc3c(cc2OC)COC3(C)C(F)(F)F)[C@@H]1c1ccccc1. The second-order valence-corrected chi connectivity index (χ2v) is 7.78. The van der Waals surface area contributed by atoms with Gasteiger partial charge in [-0.15, -0.1) is 0 Å². The zero-order chi connectivity index (χ0) is 21.5. The number of nitrogens with one attached hydrogen (secondary N) is 2. The van der Waals surface area contributed by atoms with Gasteiger partial charge in [-0.3, -0.25) is 5.43 Å². The summed E-state index contributed by atoms with van der Waals surface area (Å²) in [6.45, 7) is 2.44. The van der Waals surface area contributed by atoms with Crippen molar-refractivity contribution in [1.82, 2.24) is 15.8 Å². The van der Waals surface area contributed by atoms with Crippen LogP contribution in [0.25, 0.3) is 0 Å². The molecule has 0 radical (unpaired) electrons. The van der Waals surface area contributed by atoms with Crippen LogP contribution in [-0.4, -0.2) is 38.4 Å². The van der Waals surface area contributed by atoms with Gasteiger partial charge in [-0.05, 0) is 42.8 Å².